The Hall–Kier alpha value is -0.340. The molecule has 1 heterocycles. The third kappa shape index (κ3) is 5.33. The van der Waals surface area contributed by atoms with Crippen LogP contribution in [0.2, 0.25) is 0 Å². The van der Waals surface area contributed by atoms with Crippen LogP contribution in [0.3, 0.4) is 0 Å². The maximum Gasteiger partial charge on any atom is 0.00486 e. The second-order valence-electron chi connectivity index (χ2n) is 4.07. The molecule has 1 nitrogen and oxygen atoms in total. The first-order valence-electron chi connectivity index (χ1n) is 6.14. The van der Waals surface area contributed by atoms with Crippen molar-refractivity contribution in [3.8, 4) is 0 Å². The first-order valence-corrected chi connectivity index (χ1v) is 6.96. The van der Waals surface area contributed by atoms with Gasteiger partial charge in [-0.2, -0.15) is 0 Å². The number of aryl methyl sites for hydroxylation is 2. The van der Waals surface area contributed by atoms with E-state index in [1.807, 2.05) is 11.3 Å². The molecule has 0 radical (unpaired) electrons. The molecule has 1 aromatic heterocycles. The minimum Gasteiger partial charge on any atom is -0.330 e. The first kappa shape index (κ1) is 12.7. The van der Waals surface area contributed by atoms with E-state index in [4.69, 9.17) is 5.73 Å². The van der Waals surface area contributed by atoms with Crippen LogP contribution in [0.4, 0.5) is 0 Å². The summed E-state index contributed by atoms with van der Waals surface area (Å²) in [5.41, 5.74) is 5.50. The largest absolute Gasteiger partial charge is 0.330 e. The molecular weight excluding hydrogens is 202 g/mol. The number of thiophene rings is 1. The Labute approximate surface area is 97.7 Å². The highest BCUT2D eigenvalue weighted by Crippen LogP contribution is 2.20. The van der Waals surface area contributed by atoms with Crippen molar-refractivity contribution in [2.75, 3.05) is 6.54 Å². The van der Waals surface area contributed by atoms with Gasteiger partial charge < -0.3 is 5.73 Å². The van der Waals surface area contributed by atoms with E-state index in [0.29, 0.717) is 0 Å². The molecule has 2 N–H and O–H groups in total. The third-order valence-electron chi connectivity index (χ3n) is 2.62. The van der Waals surface area contributed by atoms with Crippen LogP contribution in [0.5, 0.6) is 0 Å². The molecule has 2 heteroatoms. The molecule has 0 fully saturated rings. The number of unbranched alkanes of at least 4 members (excludes halogenated alkanes) is 3. The normalized spacial score (nSPS) is 10.8. The van der Waals surface area contributed by atoms with E-state index in [1.54, 1.807) is 4.88 Å². The van der Waals surface area contributed by atoms with Gasteiger partial charge in [-0.1, -0.05) is 26.2 Å². The molecule has 0 amide bonds. The Bertz CT molecular complexity index is 255. The number of hydrogen-bond acceptors (Lipinski definition) is 2. The summed E-state index contributed by atoms with van der Waals surface area (Å²) >= 11 is 1.98. The molecule has 0 aromatic carbocycles. The van der Waals surface area contributed by atoms with E-state index in [9.17, 15) is 0 Å². The number of rotatable bonds is 8. The predicted molar refractivity (Wildman–Crippen MR) is 69.5 cm³/mol. The Morgan fingerprint density at radius 2 is 1.67 bits per heavy atom. The van der Waals surface area contributed by atoms with E-state index < -0.39 is 0 Å². The zero-order chi connectivity index (χ0) is 10.9. The van der Waals surface area contributed by atoms with Crippen LogP contribution in [0.15, 0.2) is 12.1 Å². The lowest BCUT2D eigenvalue weighted by Crippen LogP contribution is -1.99. The van der Waals surface area contributed by atoms with E-state index in [-0.39, 0.29) is 0 Å². The highest BCUT2D eigenvalue weighted by molar-refractivity contribution is 7.11. The second kappa shape index (κ2) is 7.89. The van der Waals surface area contributed by atoms with Gasteiger partial charge in [0.05, 0.1) is 0 Å². The smallest absolute Gasteiger partial charge is 0.00486 e. The molecule has 0 unspecified atom stereocenters. The average molecular weight is 225 g/mol. The van der Waals surface area contributed by atoms with Crippen molar-refractivity contribution >= 4 is 11.3 Å². The van der Waals surface area contributed by atoms with Gasteiger partial charge in [-0.25, -0.2) is 0 Å². The first-order chi connectivity index (χ1) is 7.36. The molecule has 0 spiro atoms. The third-order valence-corrected chi connectivity index (χ3v) is 3.83. The van der Waals surface area contributed by atoms with Gasteiger partial charge in [-0.3, -0.25) is 0 Å². The SMILES string of the molecule is CCCCCCc1ccc(CCCN)s1. The fourth-order valence-corrected chi connectivity index (χ4v) is 2.80. The van der Waals surface area contributed by atoms with Crippen LogP contribution in [0.1, 0.15) is 48.8 Å². The Kier molecular flexibility index (Phi) is 6.69. The Morgan fingerprint density at radius 3 is 2.27 bits per heavy atom. The molecule has 0 aliphatic carbocycles. The highest BCUT2D eigenvalue weighted by atomic mass is 32.1. The van der Waals surface area contributed by atoms with Gasteiger partial charge in [0.25, 0.3) is 0 Å². The molecule has 0 saturated carbocycles. The van der Waals surface area contributed by atoms with Gasteiger partial charge in [0.1, 0.15) is 0 Å². The van der Waals surface area contributed by atoms with Crippen LogP contribution >= 0.6 is 11.3 Å². The molecule has 0 saturated heterocycles. The van der Waals surface area contributed by atoms with Crippen LogP contribution < -0.4 is 5.73 Å². The minimum atomic E-state index is 0.809. The fourth-order valence-electron chi connectivity index (χ4n) is 1.69. The van der Waals surface area contributed by atoms with Gasteiger partial charge in [-0.15, -0.1) is 11.3 Å². The lowest BCUT2D eigenvalue weighted by molar-refractivity contribution is 0.670. The topological polar surface area (TPSA) is 26.0 Å². The fraction of sp³-hybridized carbons (Fsp3) is 0.692. The average Bonchev–Trinajstić information content (AvgIpc) is 2.69. The van der Waals surface area contributed by atoms with E-state index >= 15 is 0 Å². The molecule has 0 atom stereocenters. The van der Waals surface area contributed by atoms with Crippen molar-refractivity contribution < 1.29 is 0 Å². The van der Waals surface area contributed by atoms with Crippen molar-refractivity contribution in [2.24, 2.45) is 5.73 Å². The maximum absolute atomic E-state index is 5.50. The summed E-state index contributed by atoms with van der Waals surface area (Å²) in [7, 11) is 0. The van der Waals surface area contributed by atoms with Crippen LogP contribution in [0.25, 0.3) is 0 Å². The molecular formula is C13H23NS. The van der Waals surface area contributed by atoms with Crippen LogP contribution in [0, 0.1) is 0 Å². The van der Waals surface area contributed by atoms with Crippen molar-refractivity contribution in [3.05, 3.63) is 21.9 Å². The van der Waals surface area contributed by atoms with Gasteiger partial charge in [0.2, 0.25) is 0 Å². The van der Waals surface area contributed by atoms with E-state index in [2.05, 4.69) is 19.1 Å². The number of hydrogen-bond donors (Lipinski definition) is 1. The van der Waals surface area contributed by atoms with Crippen molar-refractivity contribution in [1.29, 1.82) is 0 Å². The molecule has 0 bridgehead atoms. The maximum atomic E-state index is 5.50. The van der Waals surface area contributed by atoms with Gasteiger partial charge in [0.15, 0.2) is 0 Å². The number of nitrogens with two attached hydrogens (primary N) is 1. The van der Waals surface area contributed by atoms with E-state index in [1.165, 1.54) is 37.0 Å². The summed E-state index contributed by atoms with van der Waals surface area (Å²) in [4.78, 5) is 3.06. The molecule has 1 aromatic rings. The zero-order valence-corrected chi connectivity index (χ0v) is 10.6. The quantitative estimate of drug-likeness (QED) is 0.670. The van der Waals surface area contributed by atoms with Crippen molar-refractivity contribution in [1.82, 2.24) is 0 Å². The van der Waals surface area contributed by atoms with Crippen LogP contribution in [-0.2, 0) is 12.8 Å². The van der Waals surface area contributed by atoms with Crippen molar-refractivity contribution in [3.63, 3.8) is 0 Å². The molecule has 0 aliphatic heterocycles. The van der Waals surface area contributed by atoms with E-state index in [0.717, 1.165) is 19.4 Å². The zero-order valence-electron chi connectivity index (χ0n) is 9.80. The van der Waals surface area contributed by atoms with Gasteiger partial charge in [0, 0.05) is 9.75 Å². The highest BCUT2D eigenvalue weighted by Gasteiger charge is 1.99. The summed E-state index contributed by atoms with van der Waals surface area (Å²) < 4.78 is 0. The molecule has 0 aliphatic rings. The Balaban J connectivity index is 2.20. The standard InChI is InChI=1S/C13H23NS/c1-2-3-4-5-7-12-9-10-13(15-12)8-6-11-14/h9-10H,2-8,11,14H2,1H3. The lowest BCUT2D eigenvalue weighted by atomic mass is 10.1. The summed E-state index contributed by atoms with van der Waals surface area (Å²) in [6, 6.07) is 4.57. The second-order valence-corrected chi connectivity index (χ2v) is 5.32. The molecule has 86 valence electrons. The van der Waals surface area contributed by atoms with Crippen LogP contribution in [-0.4, -0.2) is 6.54 Å². The Morgan fingerprint density at radius 1 is 1.00 bits per heavy atom. The summed E-state index contributed by atoms with van der Waals surface area (Å²) in [5, 5.41) is 0. The summed E-state index contributed by atoms with van der Waals surface area (Å²) in [6.45, 7) is 3.07. The molecule has 15 heavy (non-hydrogen) atoms. The summed E-state index contributed by atoms with van der Waals surface area (Å²) in [5.74, 6) is 0. The lowest BCUT2D eigenvalue weighted by Gasteiger charge is -1.97. The monoisotopic (exact) mass is 225 g/mol. The van der Waals surface area contributed by atoms with Crippen molar-refractivity contribution in [2.45, 2.75) is 51.9 Å². The minimum absolute atomic E-state index is 0.809. The van der Waals surface area contributed by atoms with Gasteiger partial charge >= 0.3 is 0 Å². The predicted octanol–water partition coefficient (Wildman–Crippen LogP) is 3.76. The van der Waals surface area contributed by atoms with Gasteiger partial charge in [-0.05, 0) is 44.4 Å². The summed E-state index contributed by atoms with van der Waals surface area (Å²) in [6.07, 6.45) is 8.99. The molecule has 1 rings (SSSR count).